The molecule has 0 saturated carbocycles. The molecule has 0 rings (SSSR count). The molecule has 0 amide bonds. The molecular weight excluding hydrogens is 172 g/mol. The highest BCUT2D eigenvalue weighted by atomic mass is 32.1. The molecule has 2 nitrogen and oxygen atoms in total. The summed E-state index contributed by atoms with van der Waals surface area (Å²) in [6, 6.07) is 0. The zero-order chi connectivity index (χ0) is 9.40. The van der Waals surface area contributed by atoms with Crippen molar-refractivity contribution >= 4 is 17.9 Å². The lowest BCUT2D eigenvalue weighted by Gasteiger charge is -2.14. The van der Waals surface area contributed by atoms with Crippen molar-refractivity contribution in [1.29, 1.82) is 0 Å². The third kappa shape index (κ3) is 6.53. The number of thiol groups is 1. The average molecular weight is 190 g/mol. The van der Waals surface area contributed by atoms with Gasteiger partial charge in [-0.15, -0.1) is 0 Å². The molecule has 3 heteroatoms. The van der Waals surface area contributed by atoms with Crippen molar-refractivity contribution in [2.45, 2.75) is 52.1 Å². The number of carbonyl (C=O) groups excluding carboxylic acids is 1. The Labute approximate surface area is 80.1 Å². The number of carbonyl (C=O) groups is 1. The smallest absolute Gasteiger partial charge is 0.364 e. The van der Waals surface area contributed by atoms with Crippen molar-refractivity contribution in [3.8, 4) is 0 Å². The summed E-state index contributed by atoms with van der Waals surface area (Å²) in [4.78, 5) is 10.5. The van der Waals surface area contributed by atoms with Gasteiger partial charge in [-0.05, 0) is 12.8 Å². The van der Waals surface area contributed by atoms with Gasteiger partial charge in [-0.25, -0.2) is 4.79 Å². The second kappa shape index (κ2) is 7.47. The third-order valence-electron chi connectivity index (χ3n) is 1.76. The summed E-state index contributed by atoms with van der Waals surface area (Å²) in [5.74, 6) is 0. The van der Waals surface area contributed by atoms with Gasteiger partial charge in [0.05, 0.1) is 0 Å². The van der Waals surface area contributed by atoms with E-state index >= 15 is 0 Å². The van der Waals surface area contributed by atoms with Gasteiger partial charge in [0.25, 0.3) is 0 Å². The van der Waals surface area contributed by atoms with E-state index in [2.05, 4.69) is 26.5 Å². The van der Waals surface area contributed by atoms with Crippen molar-refractivity contribution in [2.24, 2.45) is 0 Å². The van der Waals surface area contributed by atoms with E-state index in [1.54, 1.807) is 0 Å². The highest BCUT2D eigenvalue weighted by Gasteiger charge is 2.09. The summed E-state index contributed by atoms with van der Waals surface area (Å²) in [6.45, 7) is 4.22. The normalized spacial score (nSPS) is 12.6. The first-order chi connectivity index (χ1) is 5.70. The van der Waals surface area contributed by atoms with E-state index in [4.69, 9.17) is 4.74 Å². The maximum absolute atomic E-state index is 10.5. The van der Waals surface area contributed by atoms with Gasteiger partial charge in [0.2, 0.25) is 0 Å². The molecule has 0 radical (unpaired) electrons. The van der Waals surface area contributed by atoms with Crippen molar-refractivity contribution in [3.63, 3.8) is 0 Å². The summed E-state index contributed by atoms with van der Waals surface area (Å²) in [5.41, 5.74) is 0. The van der Waals surface area contributed by atoms with Crippen LogP contribution >= 0.6 is 12.6 Å². The maximum atomic E-state index is 10.5. The molecule has 0 aromatic heterocycles. The Hall–Kier alpha value is -0.180. The average Bonchev–Trinajstić information content (AvgIpc) is 2.00. The Balaban J connectivity index is 3.61. The van der Waals surface area contributed by atoms with Crippen LogP contribution in [0.4, 0.5) is 4.79 Å². The zero-order valence-corrected chi connectivity index (χ0v) is 8.77. The fourth-order valence-corrected chi connectivity index (χ4v) is 1.31. The van der Waals surface area contributed by atoms with Gasteiger partial charge in [0, 0.05) is 0 Å². The first-order valence-electron chi connectivity index (χ1n) is 4.60. The van der Waals surface area contributed by atoms with Gasteiger partial charge in [-0.2, -0.15) is 0 Å². The molecule has 0 aliphatic carbocycles. The molecule has 0 saturated heterocycles. The fraction of sp³-hybridized carbons (Fsp3) is 0.889. The Morgan fingerprint density at radius 3 is 2.42 bits per heavy atom. The van der Waals surface area contributed by atoms with E-state index in [0.29, 0.717) is 0 Å². The summed E-state index contributed by atoms with van der Waals surface area (Å²) in [6.07, 6.45) is 5.31. The number of hydrogen-bond acceptors (Lipinski definition) is 2. The van der Waals surface area contributed by atoms with Gasteiger partial charge in [-0.3, -0.25) is 0 Å². The number of ether oxygens (including phenoxy) is 1. The SMILES string of the molecule is CCCCC(CCC)OC(=O)S. The second-order valence-electron chi connectivity index (χ2n) is 2.94. The molecule has 0 fully saturated rings. The Kier molecular flexibility index (Phi) is 7.36. The predicted molar refractivity (Wildman–Crippen MR) is 53.7 cm³/mol. The number of rotatable bonds is 6. The van der Waals surface area contributed by atoms with Gasteiger partial charge in [-0.1, -0.05) is 45.7 Å². The molecule has 0 aromatic carbocycles. The lowest BCUT2D eigenvalue weighted by Crippen LogP contribution is -2.13. The second-order valence-corrected chi connectivity index (χ2v) is 3.30. The van der Waals surface area contributed by atoms with Crippen molar-refractivity contribution in [3.05, 3.63) is 0 Å². The van der Waals surface area contributed by atoms with E-state index in [1.165, 1.54) is 0 Å². The molecule has 72 valence electrons. The molecule has 0 N–H and O–H groups in total. The van der Waals surface area contributed by atoms with Crippen LogP contribution in [0.5, 0.6) is 0 Å². The Bertz CT molecular complexity index is 126. The van der Waals surface area contributed by atoms with E-state index in [9.17, 15) is 4.79 Å². The van der Waals surface area contributed by atoms with Crippen LogP contribution in [0.25, 0.3) is 0 Å². The molecule has 1 atom stereocenters. The monoisotopic (exact) mass is 190 g/mol. The summed E-state index contributed by atoms with van der Waals surface area (Å²) in [7, 11) is 0. The molecule has 0 aromatic rings. The minimum atomic E-state index is -0.454. The number of unbranched alkanes of at least 4 members (excludes halogenated alkanes) is 1. The Morgan fingerprint density at radius 1 is 1.33 bits per heavy atom. The molecule has 0 spiro atoms. The topological polar surface area (TPSA) is 26.3 Å². The van der Waals surface area contributed by atoms with Crippen LogP contribution in [0.15, 0.2) is 0 Å². The molecule has 0 aliphatic rings. The van der Waals surface area contributed by atoms with Crippen LogP contribution in [0.2, 0.25) is 0 Å². The molecule has 12 heavy (non-hydrogen) atoms. The standard InChI is InChI=1S/C9H18O2S/c1-3-5-7-8(6-4-2)11-9(10)12/h8H,3-7H2,1-2H3,(H,10,12). The summed E-state index contributed by atoms with van der Waals surface area (Å²) in [5, 5.41) is -0.454. The van der Waals surface area contributed by atoms with Crippen LogP contribution in [0.3, 0.4) is 0 Å². The highest BCUT2D eigenvalue weighted by Crippen LogP contribution is 2.12. The van der Waals surface area contributed by atoms with Gasteiger partial charge < -0.3 is 4.74 Å². The van der Waals surface area contributed by atoms with E-state index < -0.39 is 5.30 Å². The summed E-state index contributed by atoms with van der Waals surface area (Å²) >= 11 is 3.59. The fourth-order valence-electron chi connectivity index (χ4n) is 1.16. The van der Waals surface area contributed by atoms with Crippen LogP contribution in [0, 0.1) is 0 Å². The van der Waals surface area contributed by atoms with Gasteiger partial charge in [0.1, 0.15) is 6.10 Å². The molecule has 0 bridgehead atoms. The van der Waals surface area contributed by atoms with Crippen LogP contribution in [-0.4, -0.2) is 11.4 Å². The largest absolute Gasteiger partial charge is 0.454 e. The van der Waals surface area contributed by atoms with Gasteiger partial charge in [0.15, 0.2) is 0 Å². The first-order valence-corrected chi connectivity index (χ1v) is 5.05. The van der Waals surface area contributed by atoms with Gasteiger partial charge >= 0.3 is 5.30 Å². The predicted octanol–water partition coefficient (Wildman–Crippen LogP) is 3.41. The van der Waals surface area contributed by atoms with Crippen molar-refractivity contribution in [2.75, 3.05) is 0 Å². The highest BCUT2D eigenvalue weighted by molar-refractivity contribution is 7.96. The van der Waals surface area contributed by atoms with E-state index in [1.807, 2.05) is 0 Å². The maximum Gasteiger partial charge on any atom is 0.364 e. The quantitative estimate of drug-likeness (QED) is 0.513. The van der Waals surface area contributed by atoms with Crippen molar-refractivity contribution in [1.82, 2.24) is 0 Å². The van der Waals surface area contributed by atoms with E-state index in [0.717, 1.165) is 32.1 Å². The first kappa shape index (κ1) is 11.8. The zero-order valence-electron chi connectivity index (χ0n) is 7.88. The van der Waals surface area contributed by atoms with Crippen LogP contribution in [-0.2, 0) is 4.74 Å². The van der Waals surface area contributed by atoms with E-state index in [-0.39, 0.29) is 6.10 Å². The lowest BCUT2D eigenvalue weighted by molar-refractivity contribution is 0.109. The van der Waals surface area contributed by atoms with Crippen molar-refractivity contribution < 1.29 is 9.53 Å². The van der Waals surface area contributed by atoms with Crippen LogP contribution < -0.4 is 0 Å². The Morgan fingerprint density at radius 2 is 2.00 bits per heavy atom. The third-order valence-corrected chi connectivity index (χ3v) is 1.86. The summed E-state index contributed by atoms with van der Waals surface area (Å²) < 4.78 is 5.02. The molecular formula is C9H18O2S. The molecule has 0 aliphatic heterocycles. The van der Waals surface area contributed by atoms with Crippen LogP contribution in [0.1, 0.15) is 46.0 Å². The molecule has 0 heterocycles. The minimum Gasteiger partial charge on any atom is -0.454 e. The lowest BCUT2D eigenvalue weighted by atomic mass is 10.1. The minimum absolute atomic E-state index is 0.0833. The number of hydrogen-bond donors (Lipinski definition) is 1. The molecule has 1 unspecified atom stereocenters.